The average Bonchev–Trinajstić information content (AvgIpc) is 3.94. The van der Waals surface area contributed by atoms with Crippen LogP contribution in [0, 0.1) is 11.7 Å². The van der Waals surface area contributed by atoms with Crippen LogP contribution in [0.15, 0.2) is 73.2 Å². The number of benzene rings is 2. The summed E-state index contributed by atoms with van der Waals surface area (Å²) < 4.78 is 36.0. The molecule has 0 radical (unpaired) electrons. The highest BCUT2D eigenvalue weighted by Gasteiger charge is 2.42. The number of nitrogens with one attached hydrogen (secondary N) is 7. The van der Waals surface area contributed by atoms with E-state index in [-0.39, 0.29) is 28.7 Å². The lowest BCUT2D eigenvalue weighted by atomic mass is 9.94. The van der Waals surface area contributed by atoms with E-state index in [9.17, 15) is 23.6 Å². The number of amides is 4. The van der Waals surface area contributed by atoms with Gasteiger partial charge in [0.15, 0.2) is 0 Å². The maximum Gasteiger partial charge on any atom is 0.248 e. The molecule has 2 aliphatic rings. The highest BCUT2D eigenvalue weighted by Crippen LogP contribution is 2.40. The zero-order chi connectivity index (χ0) is 52.8. The molecule has 3 atom stereocenters. The fraction of sp³-hybridized carbons (Fsp3) is 0.547. The fourth-order valence-corrected chi connectivity index (χ4v) is 10.1. The monoisotopic (exact) mass is 1070 g/mol. The van der Waals surface area contributed by atoms with Crippen molar-refractivity contribution in [2.75, 3.05) is 108 Å². The van der Waals surface area contributed by atoms with E-state index in [0.29, 0.717) is 130 Å². The van der Waals surface area contributed by atoms with Gasteiger partial charge in [-0.2, -0.15) is 11.8 Å². The van der Waals surface area contributed by atoms with Crippen LogP contribution in [0.4, 0.5) is 33.1 Å². The molecule has 0 bridgehead atoms. The van der Waals surface area contributed by atoms with Crippen LogP contribution in [0.3, 0.4) is 0 Å². The molecule has 2 aromatic carbocycles. The van der Waals surface area contributed by atoms with Gasteiger partial charge in [0.1, 0.15) is 29.5 Å². The van der Waals surface area contributed by atoms with Crippen LogP contribution in [0.25, 0.3) is 0 Å². The molecule has 0 unspecified atom stereocenters. The van der Waals surface area contributed by atoms with Gasteiger partial charge in [0.05, 0.1) is 44.2 Å². The lowest BCUT2D eigenvalue weighted by Crippen LogP contribution is -2.29. The lowest BCUT2D eigenvalue weighted by Gasteiger charge is -2.15. The molecule has 4 amide bonds. The number of fused-ring (bicyclic) bond motifs is 1. The molecule has 18 nitrogen and oxygen atoms in total. The van der Waals surface area contributed by atoms with E-state index in [0.717, 1.165) is 82.3 Å². The summed E-state index contributed by atoms with van der Waals surface area (Å²) in [6.45, 7) is 10.6. The van der Waals surface area contributed by atoms with E-state index in [4.69, 9.17) is 30.5 Å². The van der Waals surface area contributed by atoms with E-state index in [1.165, 1.54) is 24.5 Å². The summed E-state index contributed by atoms with van der Waals surface area (Å²) in [4.78, 5) is 59.5. The van der Waals surface area contributed by atoms with E-state index < -0.39 is 5.82 Å². The molecular weight excluding hydrogens is 991 g/mol. The van der Waals surface area contributed by atoms with Gasteiger partial charge in [-0.05, 0) is 101 Å². The third-order valence-corrected chi connectivity index (χ3v) is 14.1. The predicted molar refractivity (Wildman–Crippen MR) is 291 cm³/mol. The van der Waals surface area contributed by atoms with Gasteiger partial charge in [-0.15, -0.1) is 0 Å². The first kappa shape index (κ1) is 59.4. The smallest absolute Gasteiger partial charge is 0.248 e. The van der Waals surface area contributed by atoms with Crippen LogP contribution in [0.1, 0.15) is 77.0 Å². The predicted octanol–water partition coefficient (Wildman–Crippen LogP) is 7.49. The van der Waals surface area contributed by atoms with Crippen molar-refractivity contribution in [3.05, 3.63) is 84.1 Å². The Hall–Kier alpha value is -5.51. The number of hydrogen-bond donors (Lipinski definition) is 7. The first-order chi connectivity index (χ1) is 35.9. The minimum Gasteiger partial charge on any atom is -0.495 e. The number of nitrogens with zero attached hydrogens (tertiary/aromatic N) is 3. The molecule has 2 aliphatic heterocycles. The maximum absolute atomic E-state index is 13.6. The zero-order valence-corrected chi connectivity index (χ0v) is 44.5. The maximum atomic E-state index is 13.6. The minimum atomic E-state index is -0.517. The summed E-state index contributed by atoms with van der Waals surface area (Å²) >= 11 is 7.87. The van der Waals surface area contributed by atoms with Crippen molar-refractivity contribution in [2.45, 2.75) is 88.3 Å². The van der Waals surface area contributed by atoms with Crippen LogP contribution in [-0.4, -0.2) is 142 Å². The number of methoxy groups -OCH3 is 1. The number of rotatable bonds is 38. The summed E-state index contributed by atoms with van der Waals surface area (Å²) in [6.07, 6.45) is 14.1. The van der Waals surface area contributed by atoms with E-state index >= 15 is 0 Å². The van der Waals surface area contributed by atoms with Crippen molar-refractivity contribution in [1.82, 2.24) is 36.1 Å². The number of anilines is 5. The summed E-state index contributed by atoms with van der Waals surface area (Å²) in [7, 11) is 3.53. The number of allylic oxidation sites excluding steroid dienone is 1. The van der Waals surface area contributed by atoms with E-state index in [2.05, 4.69) is 58.7 Å². The zero-order valence-electron chi connectivity index (χ0n) is 43.0. The second kappa shape index (κ2) is 34.1. The Balaban J connectivity index is 0.771. The Labute approximate surface area is 444 Å². The van der Waals surface area contributed by atoms with Crippen molar-refractivity contribution in [3.63, 3.8) is 0 Å². The molecule has 0 saturated carbocycles. The summed E-state index contributed by atoms with van der Waals surface area (Å²) in [5.41, 5.74) is 2.58. The molecule has 3 heterocycles. The molecule has 0 spiro atoms. The molecule has 2 fully saturated rings. The van der Waals surface area contributed by atoms with Crippen LogP contribution in [0.5, 0.6) is 5.75 Å². The molecule has 1 aromatic heterocycles. The van der Waals surface area contributed by atoms with Gasteiger partial charge < -0.3 is 61.1 Å². The quantitative estimate of drug-likeness (QED) is 0.0219. The van der Waals surface area contributed by atoms with E-state index in [1.807, 2.05) is 18.8 Å². The first-order valence-electron chi connectivity index (χ1n) is 25.7. The standard InChI is InChI=1S/C53H76ClFN10O8S/c1-38(56-22-10-26-71-28-30-73-31-29-72-27-11-23-58-50(66)14-5-4-13-47-41-34-53(69)64-45(41)36-74-47)12-8-15-51(67)57-21-6-7-24-65(2)25-9-16-52(68)62-40-18-20-46(70-3)44(33-40)63-49-35-48(59-37-60-49)61-39-17-19-43(55)42(54)32-39/h9,16-20,32-33,35,37,41,45,47,56H,1,4-8,10-15,21-31,34,36H2,2-3H3,(H,57,67)(H,58,66)(H,62,68)(H,64,69)(H2,59,60,61,63)/b16-9+/t41-,45-,47-/m0/s1. The number of ether oxygens (including phenoxy) is 4. The molecule has 74 heavy (non-hydrogen) atoms. The topological polar surface area (TPSA) is 218 Å². The number of carbonyl (C=O) groups is 4. The summed E-state index contributed by atoms with van der Waals surface area (Å²) in [5.74, 6) is 2.43. The normalized spacial score (nSPS) is 16.0. The highest BCUT2D eigenvalue weighted by molar-refractivity contribution is 8.00. The number of unbranched alkanes of at least 4 members (excludes halogenated alkanes) is 2. The van der Waals surface area contributed by atoms with Crippen LogP contribution in [-0.2, 0) is 33.4 Å². The number of likely N-dealkylation sites (N-methyl/N-ethyl adjacent to an activating group) is 1. The number of halogens is 2. The second-order valence-corrected chi connectivity index (χ2v) is 19.9. The van der Waals surface area contributed by atoms with Gasteiger partial charge >= 0.3 is 0 Å². The van der Waals surface area contributed by atoms with Gasteiger partial charge in [-0.3, -0.25) is 19.2 Å². The molecule has 5 rings (SSSR count). The third-order valence-electron chi connectivity index (χ3n) is 12.2. The molecule has 3 aromatic rings. The molecular formula is C53H76ClFN10O8S. The van der Waals surface area contributed by atoms with Crippen molar-refractivity contribution >= 4 is 75.7 Å². The molecule has 406 valence electrons. The summed E-state index contributed by atoms with van der Waals surface area (Å²) in [5, 5.41) is 22.0. The van der Waals surface area contributed by atoms with Crippen LogP contribution >= 0.6 is 23.4 Å². The third kappa shape index (κ3) is 23.4. The van der Waals surface area contributed by atoms with Gasteiger partial charge in [-0.25, -0.2) is 14.4 Å². The Bertz CT molecular complexity index is 2270. The van der Waals surface area contributed by atoms with Gasteiger partial charge in [0, 0.05) is 111 Å². The van der Waals surface area contributed by atoms with Crippen LogP contribution < -0.4 is 42.0 Å². The molecule has 21 heteroatoms. The average molecular weight is 1070 g/mol. The Morgan fingerprint density at radius 3 is 2.23 bits per heavy atom. The minimum absolute atomic E-state index is 0.0110. The largest absolute Gasteiger partial charge is 0.495 e. The fourth-order valence-electron chi connectivity index (χ4n) is 8.26. The Morgan fingerprint density at radius 2 is 1.50 bits per heavy atom. The van der Waals surface area contributed by atoms with Crippen molar-refractivity contribution < 1.29 is 42.5 Å². The van der Waals surface area contributed by atoms with Crippen molar-refractivity contribution in [2.24, 2.45) is 5.92 Å². The highest BCUT2D eigenvalue weighted by atomic mass is 35.5. The second-order valence-electron chi connectivity index (χ2n) is 18.2. The van der Waals surface area contributed by atoms with Crippen LogP contribution in [0.2, 0.25) is 5.02 Å². The SMILES string of the molecule is C=C(CCCC(=O)NCCCCN(C)C/C=C/C(=O)Nc1ccc(OC)c(Nc2cc(Nc3ccc(F)c(Cl)c3)ncn2)c1)NCCCOCCOCCOCCCNC(=O)CCCC[C@@H]1SC[C@@H]2NC(=O)C[C@@H]21. The molecule has 0 aliphatic carbocycles. The Morgan fingerprint density at radius 1 is 0.824 bits per heavy atom. The molecule has 2 saturated heterocycles. The Kier molecular flexibility index (Phi) is 27.4. The molecule has 7 N–H and O–H groups in total. The number of thioether (sulfide) groups is 1. The summed E-state index contributed by atoms with van der Waals surface area (Å²) in [6, 6.07) is 11.5. The van der Waals surface area contributed by atoms with E-state index in [1.54, 1.807) is 43.5 Å². The number of hydrogen-bond acceptors (Lipinski definition) is 15. The van der Waals surface area contributed by atoms with Crippen molar-refractivity contribution in [3.8, 4) is 5.75 Å². The first-order valence-corrected chi connectivity index (χ1v) is 27.1. The van der Waals surface area contributed by atoms with Crippen molar-refractivity contribution in [1.29, 1.82) is 0 Å². The van der Waals surface area contributed by atoms with Gasteiger partial charge in [-0.1, -0.05) is 30.7 Å². The van der Waals surface area contributed by atoms with Gasteiger partial charge in [0.2, 0.25) is 23.6 Å². The lowest BCUT2D eigenvalue weighted by molar-refractivity contribution is -0.122. The number of aromatic nitrogens is 2. The number of carbonyl (C=O) groups excluding carboxylic acids is 4. The van der Waals surface area contributed by atoms with Gasteiger partial charge in [0.25, 0.3) is 0 Å².